The van der Waals surface area contributed by atoms with E-state index >= 15 is 0 Å². The van der Waals surface area contributed by atoms with Crippen LogP contribution in [0.4, 0.5) is 0 Å². The Balaban J connectivity index is 2.63. The second kappa shape index (κ2) is 5.02. The summed E-state index contributed by atoms with van der Waals surface area (Å²) in [6.07, 6.45) is 1.24. The van der Waals surface area contributed by atoms with Gasteiger partial charge in [-0.3, -0.25) is 9.59 Å². The predicted octanol–water partition coefficient (Wildman–Crippen LogP) is 0.990. The van der Waals surface area contributed by atoms with E-state index in [-0.39, 0.29) is 11.4 Å². The van der Waals surface area contributed by atoms with Crippen LogP contribution in [0.2, 0.25) is 5.02 Å². The quantitative estimate of drug-likeness (QED) is 0.600. The fraction of sp³-hybridized carbons (Fsp3) is 0.286. The zero-order valence-corrected chi connectivity index (χ0v) is 8.56. The van der Waals surface area contributed by atoms with Gasteiger partial charge in [-0.15, -0.1) is 11.8 Å². The summed E-state index contributed by atoms with van der Waals surface area (Å²) in [4.78, 5) is 27.3. The third kappa shape index (κ3) is 3.04. The van der Waals surface area contributed by atoms with Gasteiger partial charge < -0.3 is 10.1 Å². The lowest BCUT2D eigenvalue weighted by Gasteiger charge is -1.99. The van der Waals surface area contributed by atoms with E-state index in [0.717, 1.165) is 11.8 Å². The van der Waals surface area contributed by atoms with Crippen molar-refractivity contribution in [3.8, 4) is 0 Å². The largest absolute Gasteiger partial charge is 0.481 e. The Kier molecular flexibility index (Phi) is 3.97. The number of carboxylic acids is 1. The van der Waals surface area contributed by atoms with E-state index in [9.17, 15) is 9.59 Å². The Labute approximate surface area is 88.5 Å². The summed E-state index contributed by atoms with van der Waals surface area (Å²) in [5, 5.41) is 8.74. The predicted molar refractivity (Wildman–Crippen MR) is 52.8 cm³/mol. The Morgan fingerprint density at radius 1 is 1.71 bits per heavy atom. The molecule has 0 aromatic carbocycles. The second-order valence-electron chi connectivity index (χ2n) is 2.34. The summed E-state index contributed by atoms with van der Waals surface area (Å²) in [6, 6.07) is 0. The minimum absolute atomic E-state index is 0.00267. The highest BCUT2D eigenvalue weighted by Crippen LogP contribution is 2.21. The standard InChI is InChI=1S/C7H7ClN2O3S/c8-5-6(13)9-3-10-7(5)14-2-1-4(11)12/h3H,1-2H2,(H,11,12)(H,9,10,13). The fourth-order valence-electron chi connectivity index (χ4n) is 0.702. The van der Waals surface area contributed by atoms with Crippen molar-refractivity contribution < 1.29 is 9.90 Å². The molecule has 1 aromatic rings. The van der Waals surface area contributed by atoms with Crippen LogP contribution in [-0.2, 0) is 4.79 Å². The molecule has 0 saturated heterocycles. The fourth-order valence-corrected chi connectivity index (χ4v) is 1.79. The van der Waals surface area contributed by atoms with E-state index in [1.54, 1.807) is 0 Å². The highest BCUT2D eigenvalue weighted by atomic mass is 35.5. The Hall–Kier alpha value is -1.01. The minimum Gasteiger partial charge on any atom is -0.481 e. The maximum atomic E-state index is 11.0. The number of hydrogen-bond donors (Lipinski definition) is 2. The molecule has 1 rings (SSSR count). The van der Waals surface area contributed by atoms with Crippen molar-refractivity contribution in [3.63, 3.8) is 0 Å². The van der Waals surface area contributed by atoms with Crippen molar-refractivity contribution in [2.45, 2.75) is 11.4 Å². The first kappa shape index (κ1) is 11.1. The molecule has 5 nitrogen and oxygen atoms in total. The van der Waals surface area contributed by atoms with E-state index < -0.39 is 11.5 Å². The molecular weight excluding hydrogens is 228 g/mol. The molecule has 0 aliphatic heterocycles. The highest BCUT2D eigenvalue weighted by molar-refractivity contribution is 7.99. The van der Waals surface area contributed by atoms with Gasteiger partial charge >= 0.3 is 5.97 Å². The molecule has 14 heavy (non-hydrogen) atoms. The van der Waals surface area contributed by atoms with Crippen molar-refractivity contribution >= 4 is 29.3 Å². The number of carboxylic acid groups (broad SMARTS) is 1. The molecule has 0 aliphatic rings. The molecule has 0 spiro atoms. The Morgan fingerprint density at radius 2 is 2.43 bits per heavy atom. The van der Waals surface area contributed by atoms with E-state index in [4.69, 9.17) is 16.7 Å². The van der Waals surface area contributed by atoms with Crippen LogP contribution in [0.15, 0.2) is 16.1 Å². The number of aliphatic carboxylic acids is 1. The summed E-state index contributed by atoms with van der Waals surface area (Å²) >= 11 is 6.78. The first-order chi connectivity index (χ1) is 6.61. The maximum absolute atomic E-state index is 11.0. The van der Waals surface area contributed by atoms with Crippen molar-refractivity contribution in [1.82, 2.24) is 9.97 Å². The van der Waals surface area contributed by atoms with Gasteiger partial charge in [-0.05, 0) is 0 Å². The number of nitrogens with zero attached hydrogens (tertiary/aromatic N) is 1. The number of nitrogens with one attached hydrogen (secondary N) is 1. The molecule has 7 heteroatoms. The highest BCUT2D eigenvalue weighted by Gasteiger charge is 2.06. The molecule has 0 unspecified atom stereocenters. The molecule has 1 heterocycles. The van der Waals surface area contributed by atoms with Gasteiger partial charge in [-0.1, -0.05) is 11.6 Å². The lowest BCUT2D eigenvalue weighted by atomic mass is 10.5. The first-order valence-corrected chi connectivity index (χ1v) is 5.05. The van der Waals surface area contributed by atoms with E-state index in [1.165, 1.54) is 6.33 Å². The zero-order chi connectivity index (χ0) is 10.6. The molecule has 2 N–H and O–H groups in total. The van der Waals surface area contributed by atoms with Crippen LogP contribution in [-0.4, -0.2) is 26.8 Å². The number of H-pyrrole nitrogens is 1. The van der Waals surface area contributed by atoms with Crippen LogP contribution in [0.25, 0.3) is 0 Å². The van der Waals surface area contributed by atoms with Crippen molar-refractivity contribution in [2.24, 2.45) is 0 Å². The smallest absolute Gasteiger partial charge is 0.304 e. The molecule has 0 bridgehead atoms. The lowest BCUT2D eigenvalue weighted by molar-refractivity contribution is -0.136. The summed E-state index contributed by atoms with van der Waals surface area (Å²) in [6.45, 7) is 0. The van der Waals surface area contributed by atoms with Gasteiger partial charge in [0.25, 0.3) is 5.56 Å². The average Bonchev–Trinajstić information content (AvgIpc) is 2.12. The van der Waals surface area contributed by atoms with Crippen LogP contribution in [0.5, 0.6) is 0 Å². The molecule has 0 amide bonds. The summed E-state index contributed by atoms with van der Waals surface area (Å²) in [7, 11) is 0. The van der Waals surface area contributed by atoms with Crippen LogP contribution >= 0.6 is 23.4 Å². The SMILES string of the molecule is O=C(O)CCSc1nc[nH]c(=O)c1Cl. The number of thioether (sulfide) groups is 1. The first-order valence-electron chi connectivity index (χ1n) is 3.69. The molecular formula is C7H7ClN2O3S. The van der Waals surface area contributed by atoms with E-state index in [0.29, 0.717) is 10.8 Å². The molecule has 0 saturated carbocycles. The van der Waals surface area contributed by atoms with Gasteiger partial charge in [0.2, 0.25) is 0 Å². The van der Waals surface area contributed by atoms with Gasteiger partial charge in [0.15, 0.2) is 0 Å². The zero-order valence-electron chi connectivity index (χ0n) is 6.99. The minimum atomic E-state index is -0.890. The van der Waals surface area contributed by atoms with E-state index in [2.05, 4.69) is 9.97 Å². The average molecular weight is 235 g/mol. The Morgan fingerprint density at radius 3 is 3.07 bits per heavy atom. The topological polar surface area (TPSA) is 83.0 Å². The van der Waals surface area contributed by atoms with Crippen LogP contribution in [0.1, 0.15) is 6.42 Å². The number of aromatic amines is 1. The number of carbonyl (C=O) groups is 1. The molecule has 1 aromatic heterocycles. The third-order valence-corrected chi connectivity index (χ3v) is 2.77. The number of halogens is 1. The number of rotatable bonds is 4. The lowest BCUT2D eigenvalue weighted by Crippen LogP contribution is -2.08. The third-order valence-electron chi connectivity index (χ3n) is 1.32. The summed E-state index contributed by atoms with van der Waals surface area (Å²) in [5.74, 6) is -0.552. The van der Waals surface area contributed by atoms with Gasteiger partial charge in [-0.2, -0.15) is 0 Å². The van der Waals surface area contributed by atoms with Crippen LogP contribution in [0.3, 0.4) is 0 Å². The number of hydrogen-bond acceptors (Lipinski definition) is 4. The molecule has 76 valence electrons. The monoisotopic (exact) mass is 234 g/mol. The van der Waals surface area contributed by atoms with E-state index in [1.807, 2.05) is 0 Å². The maximum Gasteiger partial charge on any atom is 0.304 e. The molecule has 0 fully saturated rings. The van der Waals surface area contributed by atoms with Gasteiger partial charge in [0.05, 0.1) is 12.7 Å². The van der Waals surface area contributed by atoms with Gasteiger partial charge in [-0.25, -0.2) is 4.98 Å². The van der Waals surface area contributed by atoms with Crippen molar-refractivity contribution in [2.75, 3.05) is 5.75 Å². The Bertz CT molecular complexity index is 393. The molecule has 0 aliphatic carbocycles. The molecule has 0 radical (unpaired) electrons. The summed E-state index contributed by atoms with van der Waals surface area (Å²) < 4.78 is 0. The van der Waals surface area contributed by atoms with Crippen molar-refractivity contribution in [3.05, 3.63) is 21.7 Å². The second-order valence-corrected chi connectivity index (χ2v) is 3.80. The van der Waals surface area contributed by atoms with Crippen LogP contribution < -0.4 is 5.56 Å². The van der Waals surface area contributed by atoms with Crippen LogP contribution in [0, 0.1) is 0 Å². The van der Waals surface area contributed by atoms with Crippen molar-refractivity contribution in [1.29, 1.82) is 0 Å². The van der Waals surface area contributed by atoms with Gasteiger partial charge in [0.1, 0.15) is 10.0 Å². The normalized spacial score (nSPS) is 10.1. The van der Waals surface area contributed by atoms with Gasteiger partial charge in [0, 0.05) is 5.75 Å². The summed E-state index contributed by atoms with van der Waals surface area (Å²) in [5.41, 5.74) is -0.417. The molecule has 0 atom stereocenters. The number of aromatic nitrogens is 2.